The average molecular weight is 750 g/mol. The normalized spacial score (nSPS) is 13.7. The van der Waals surface area contributed by atoms with Gasteiger partial charge in [-0.05, 0) is 70.6 Å². The van der Waals surface area contributed by atoms with Gasteiger partial charge in [0.25, 0.3) is 10.1 Å². The maximum Gasteiger partial charge on any atom is 0.267 e. The van der Waals surface area contributed by atoms with Gasteiger partial charge in [-0.25, -0.2) is 0 Å². The van der Waals surface area contributed by atoms with Crippen molar-refractivity contribution in [3.8, 4) is 0 Å². The van der Waals surface area contributed by atoms with Crippen LogP contribution >= 0.6 is 0 Å². The number of hydrogen-bond donors (Lipinski definition) is 3. The van der Waals surface area contributed by atoms with Gasteiger partial charge in [-0.1, -0.05) is 184 Å². The summed E-state index contributed by atoms with van der Waals surface area (Å²) in [5.41, 5.74) is 0. The molecule has 0 aromatic carbocycles. The van der Waals surface area contributed by atoms with Crippen LogP contribution < -0.4 is 5.32 Å². The molecule has 0 spiro atoms. The van der Waals surface area contributed by atoms with Gasteiger partial charge in [-0.15, -0.1) is 0 Å². The van der Waals surface area contributed by atoms with Crippen LogP contribution in [-0.4, -0.2) is 41.9 Å². The molecular weight excluding hydrogens is 667 g/mol. The molecule has 7 heteroatoms. The zero-order valence-electron chi connectivity index (χ0n) is 33.9. The first-order valence-electron chi connectivity index (χ1n) is 21.8. The van der Waals surface area contributed by atoms with E-state index in [4.69, 9.17) is 0 Å². The molecule has 0 saturated heterocycles. The highest BCUT2D eigenvalue weighted by Gasteiger charge is 2.24. The Hall–Kier alpha value is -1.70. The summed E-state index contributed by atoms with van der Waals surface area (Å²) in [5, 5.41) is 13.2. The highest BCUT2D eigenvalue weighted by atomic mass is 32.2. The van der Waals surface area contributed by atoms with E-state index in [-0.39, 0.29) is 12.3 Å². The van der Waals surface area contributed by atoms with Crippen molar-refractivity contribution >= 4 is 16.0 Å². The fraction of sp³-hybridized carbons (Fsp3) is 0.800. The summed E-state index contributed by atoms with van der Waals surface area (Å²) < 4.78 is 32.5. The maximum atomic E-state index is 12.5. The lowest BCUT2D eigenvalue weighted by Gasteiger charge is -2.21. The Morgan fingerprint density at radius 2 is 0.827 bits per heavy atom. The third kappa shape index (κ3) is 39.5. The minimum atomic E-state index is -4.36. The van der Waals surface area contributed by atoms with Gasteiger partial charge in [0.15, 0.2) is 0 Å². The van der Waals surface area contributed by atoms with Crippen LogP contribution in [-0.2, 0) is 14.9 Å². The van der Waals surface area contributed by atoms with Crippen LogP contribution in [0.2, 0.25) is 0 Å². The molecule has 0 saturated carbocycles. The second kappa shape index (κ2) is 39.0. The highest BCUT2D eigenvalue weighted by Crippen LogP contribution is 2.14. The Labute approximate surface area is 322 Å². The molecule has 2 atom stereocenters. The van der Waals surface area contributed by atoms with Gasteiger partial charge in [0.05, 0.1) is 17.9 Å². The van der Waals surface area contributed by atoms with E-state index in [1.54, 1.807) is 6.08 Å². The molecule has 0 rings (SSSR count). The lowest BCUT2D eigenvalue weighted by molar-refractivity contribution is -0.122. The van der Waals surface area contributed by atoms with Gasteiger partial charge in [0.1, 0.15) is 0 Å². The van der Waals surface area contributed by atoms with Gasteiger partial charge < -0.3 is 10.4 Å². The van der Waals surface area contributed by atoms with Gasteiger partial charge in [-0.2, -0.15) is 8.42 Å². The summed E-state index contributed by atoms with van der Waals surface area (Å²) in [6.45, 7) is 4.50. The van der Waals surface area contributed by atoms with E-state index in [9.17, 15) is 22.9 Å². The van der Waals surface area contributed by atoms with E-state index in [1.807, 2.05) is 0 Å². The third-order valence-electron chi connectivity index (χ3n) is 9.71. The van der Waals surface area contributed by atoms with Crippen molar-refractivity contribution < 1.29 is 22.9 Å². The number of allylic oxidation sites excluding steroid dienone is 7. The molecule has 0 fully saturated rings. The monoisotopic (exact) mass is 750 g/mol. The molecular formula is C45H83NO5S. The Morgan fingerprint density at radius 3 is 1.23 bits per heavy atom. The topological polar surface area (TPSA) is 104 Å². The Kier molecular flexibility index (Phi) is 37.7. The molecule has 0 heterocycles. The van der Waals surface area contributed by atoms with E-state index in [0.717, 1.165) is 44.9 Å². The number of carbonyl (C=O) groups excluding carboxylic acids is 1. The van der Waals surface area contributed by atoms with Crippen LogP contribution in [0.4, 0.5) is 0 Å². The summed E-state index contributed by atoms with van der Waals surface area (Å²) in [4.78, 5) is 12.5. The number of carbonyl (C=O) groups is 1. The molecule has 0 aromatic rings. The number of nitrogens with one attached hydrogen (secondary N) is 1. The second-order valence-corrected chi connectivity index (χ2v) is 16.4. The molecule has 0 aliphatic rings. The fourth-order valence-electron chi connectivity index (χ4n) is 6.42. The van der Waals surface area contributed by atoms with E-state index >= 15 is 0 Å². The quantitative estimate of drug-likeness (QED) is 0.0330. The maximum absolute atomic E-state index is 12.5. The first-order chi connectivity index (χ1) is 25.3. The molecule has 0 radical (unpaired) electrons. The molecule has 304 valence electrons. The number of amides is 1. The molecule has 2 unspecified atom stereocenters. The highest BCUT2D eigenvalue weighted by molar-refractivity contribution is 7.85. The Bertz CT molecular complexity index is 1000. The van der Waals surface area contributed by atoms with Crippen molar-refractivity contribution in [3.63, 3.8) is 0 Å². The van der Waals surface area contributed by atoms with Gasteiger partial charge in [0.2, 0.25) is 5.91 Å². The van der Waals surface area contributed by atoms with Crippen molar-refractivity contribution in [1.29, 1.82) is 0 Å². The standard InChI is InChI=1S/C45H83NO5S/c1-3-5-7-9-11-13-15-17-19-20-21-22-23-24-25-26-27-29-31-33-35-37-39-41-45(48)46-43(42-52(49,50)51)44(47)40-38-36-34-32-30-28-18-16-14-12-10-8-6-4-2/h14,16,20-21,30,32,38,40,43-44,47H,3-13,15,17-19,22-29,31,33-37,39,41-42H2,1-2H3,(H,46,48)(H,49,50,51)/b16-14+,21-20-,32-30+,40-38+. The number of aliphatic hydroxyl groups excluding tert-OH is 1. The SMILES string of the molecule is CCCCCC/C=C/CC/C=C/CC/C=C/C(O)C(CS(=O)(=O)O)NC(=O)CCCCCCCCCCCCC/C=C\CCCCCCCCCC. The number of unbranched alkanes of at least 4 members (excludes halogenated alkanes) is 25. The minimum absolute atomic E-state index is 0.283. The first kappa shape index (κ1) is 50.3. The van der Waals surface area contributed by atoms with Gasteiger partial charge in [-0.3, -0.25) is 9.35 Å². The molecule has 0 aliphatic carbocycles. The largest absolute Gasteiger partial charge is 0.387 e. The van der Waals surface area contributed by atoms with Crippen LogP contribution in [0.3, 0.4) is 0 Å². The minimum Gasteiger partial charge on any atom is -0.387 e. The third-order valence-corrected chi connectivity index (χ3v) is 10.5. The zero-order valence-corrected chi connectivity index (χ0v) is 34.7. The number of hydrogen-bond acceptors (Lipinski definition) is 4. The van der Waals surface area contributed by atoms with Crippen LogP contribution in [0.1, 0.15) is 213 Å². The fourth-order valence-corrected chi connectivity index (χ4v) is 7.15. The second-order valence-electron chi connectivity index (χ2n) is 15.0. The molecule has 0 bridgehead atoms. The Balaban J connectivity index is 3.88. The first-order valence-corrected chi connectivity index (χ1v) is 23.4. The molecule has 6 nitrogen and oxygen atoms in total. The van der Waals surface area contributed by atoms with Crippen LogP contribution in [0, 0.1) is 0 Å². The van der Waals surface area contributed by atoms with Gasteiger partial charge in [0, 0.05) is 6.42 Å². The molecule has 1 amide bonds. The van der Waals surface area contributed by atoms with E-state index in [1.165, 1.54) is 147 Å². The predicted octanol–water partition coefficient (Wildman–Crippen LogP) is 13.1. The van der Waals surface area contributed by atoms with Crippen LogP contribution in [0.5, 0.6) is 0 Å². The van der Waals surface area contributed by atoms with E-state index in [2.05, 4.69) is 55.6 Å². The summed E-state index contributed by atoms with van der Waals surface area (Å²) in [6.07, 6.45) is 52.5. The number of aliphatic hydroxyl groups is 1. The molecule has 52 heavy (non-hydrogen) atoms. The lowest BCUT2D eigenvalue weighted by Crippen LogP contribution is -2.46. The van der Waals surface area contributed by atoms with Crippen molar-refractivity contribution in [1.82, 2.24) is 5.32 Å². The number of rotatable bonds is 39. The predicted molar refractivity (Wildman–Crippen MR) is 225 cm³/mol. The summed E-state index contributed by atoms with van der Waals surface area (Å²) in [7, 11) is -4.36. The van der Waals surface area contributed by atoms with Crippen molar-refractivity contribution in [2.45, 2.75) is 225 Å². The van der Waals surface area contributed by atoms with E-state index < -0.39 is 28.0 Å². The van der Waals surface area contributed by atoms with Crippen molar-refractivity contribution in [2.75, 3.05) is 5.75 Å². The van der Waals surface area contributed by atoms with Crippen LogP contribution in [0.25, 0.3) is 0 Å². The molecule has 3 N–H and O–H groups in total. The van der Waals surface area contributed by atoms with Crippen molar-refractivity contribution in [3.05, 3.63) is 48.6 Å². The Morgan fingerprint density at radius 1 is 0.500 bits per heavy atom. The zero-order chi connectivity index (χ0) is 38.2. The summed E-state index contributed by atoms with van der Waals surface area (Å²) >= 11 is 0. The summed E-state index contributed by atoms with van der Waals surface area (Å²) in [5.74, 6) is -1.01. The lowest BCUT2D eigenvalue weighted by atomic mass is 10.0. The van der Waals surface area contributed by atoms with Gasteiger partial charge >= 0.3 is 0 Å². The molecule has 0 aromatic heterocycles. The molecule has 0 aliphatic heterocycles. The van der Waals surface area contributed by atoms with Crippen molar-refractivity contribution in [2.24, 2.45) is 0 Å². The average Bonchev–Trinajstić information content (AvgIpc) is 3.11. The van der Waals surface area contributed by atoms with E-state index in [0.29, 0.717) is 6.42 Å². The van der Waals surface area contributed by atoms with Crippen LogP contribution in [0.15, 0.2) is 48.6 Å². The smallest absolute Gasteiger partial charge is 0.267 e. The summed E-state index contributed by atoms with van der Waals surface area (Å²) in [6, 6.07) is -1.08.